The normalized spacial score (nSPS) is 14.0. The summed E-state index contributed by atoms with van der Waals surface area (Å²) >= 11 is 3.04. The van der Waals surface area contributed by atoms with E-state index in [1.54, 1.807) is 0 Å². The Balaban J connectivity index is 2.90. The lowest BCUT2D eigenvalue weighted by atomic mass is 10.0. The summed E-state index contributed by atoms with van der Waals surface area (Å²) in [6.07, 6.45) is -5.63. The molecule has 0 saturated heterocycles. The van der Waals surface area contributed by atoms with Crippen LogP contribution in [0.25, 0.3) is 0 Å². The smallest absolute Gasteiger partial charge is 0.324 e. The first-order chi connectivity index (χ1) is 6.79. The largest absolute Gasteiger partial charge is 0.390 e. The molecule has 0 amide bonds. The Hall–Kier alpha value is -0.620. The van der Waals surface area contributed by atoms with Gasteiger partial charge in [0.05, 0.1) is 6.42 Å². The molecule has 0 spiro atoms. The van der Waals surface area contributed by atoms with E-state index in [0.29, 0.717) is 4.47 Å². The van der Waals surface area contributed by atoms with Gasteiger partial charge in [-0.05, 0) is 18.2 Å². The van der Waals surface area contributed by atoms with Crippen molar-refractivity contribution in [2.45, 2.75) is 18.6 Å². The summed E-state index contributed by atoms with van der Waals surface area (Å²) in [6, 6.07) is 2.36. The predicted octanol–water partition coefficient (Wildman–Crippen LogP) is 3.54. The van der Waals surface area contributed by atoms with Crippen LogP contribution >= 0.6 is 15.9 Å². The van der Waals surface area contributed by atoms with Crippen LogP contribution in [0.2, 0.25) is 0 Å². The number of nitrogens with two attached hydrogens (primary N) is 1. The monoisotopic (exact) mass is 285 g/mol. The molecular weight excluding hydrogens is 278 g/mol. The van der Waals surface area contributed by atoms with E-state index in [2.05, 4.69) is 15.9 Å². The van der Waals surface area contributed by atoms with Gasteiger partial charge < -0.3 is 5.73 Å². The topological polar surface area (TPSA) is 26.0 Å². The maximum absolute atomic E-state index is 13.1. The van der Waals surface area contributed by atoms with Crippen molar-refractivity contribution in [3.63, 3.8) is 0 Å². The van der Waals surface area contributed by atoms with Crippen molar-refractivity contribution in [2.75, 3.05) is 0 Å². The lowest BCUT2D eigenvalue weighted by molar-refractivity contribution is -0.138. The second-order valence-corrected chi connectivity index (χ2v) is 4.01. The van der Waals surface area contributed by atoms with E-state index in [1.807, 2.05) is 0 Å². The third-order valence-electron chi connectivity index (χ3n) is 1.81. The molecule has 84 valence electrons. The van der Waals surface area contributed by atoms with E-state index in [-0.39, 0.29) is 5.56 Å². The average Bonchev–Trinajstić information content (AvgIpc) is 2.06. The number of halogens is 5. The first-order valence-electron chi connectivity index (χ1n) is 4.07. The minimum Gasteiger partial charge on any atom is -0.324 e. The van der Waals surface area contributed by atoms with E-state index in [1.165, 1.54) is 12.1 Å². The van der Waals surface area contributed by atoms with E-state index in [0.717, 1.165) is 6.07 Å². The summed E-state index contributed by atoms with van der Waals surface area (Å²) in [5, 5.41) is 0. The second-order valence-electron chi connectivity index (χ2n) is 3.09. The van der Waals surface area contributed by atoms with Gasteiger partial charge in [-0.15, -0.1) is 0 Å². The number of hydrogen-bond donors (Lipinski definition) is 1. The quantitative estimate of drug-likeness (QED) is 0.827. The molecule has 1 rings (SSSR count). The van der Waals surface area contributed by atoms with Crippen LogP contribution in [0.4, 0.5) is 17.6 Å². The summed E-state index contributed by atoms with van der Waals surface area (Å²) < 4.78 is 49.7. The van der Waals surface area contributed by atoms with Crippen molar-refractivity contribution in [1.82, 2.24) is 0 Å². The van der Waals surface area contributed by atoms with Crippen LogP contribution in [0.5, 0.6) is 0 Å². The summed E-state index contributed by atoms with van der Waals surface area (Å²) in [7, 11) is 0. The SMILES string of the molecule is N[C@H](CC(F)(F)F)c1cc(Br)ccc1F. The molecule has 6 heteroatoms. The fourth-order valence-corrected chi connectivity index (χ4v) is 1.54. The molecule has 0 aliphatic rings. The van der Waals surface area contributed by atoms with E-state index in [4.69, 9.17) is 5.73 Å². The third-order valence-corrected chi connectivity index (χ3v) is 2.30. The van der Waals surface area contributed by atoms with Crippen molar-refractivity contribution >= 4 is 15.9 Å². The molecule has 0 aromatic heterocycles. The maximum Gasteiger partial charge on any atom is 0.390 e. The van der Waals surface area contributed by atoms with Gasteiger partial charge in [-0.25, -0.2) is 4.39 Å². The average molecular weight is 286 g/mol. The van der Waals surface area contributed by atoms with Crippen LogP contribution in [0.1, 0.15) is 18.0 Å². The molecule has 0 bridgehead atoms. The Labute approximate surface area is 92.4 Å². The molecule has 0 fully saturated rings. The predicted molar refractivity (Wildman–Crippen MR) is 51.7 cm³/mol. The minimum absolute atomic E-state index is 0.137. The van der Waals surface area contributed by atoms with E-state index in [9.17, 15) is 17.6 Å². The van der Waals surface area contributed by atoms with E-state index < -0.39 is 24.5 Å². The Morgan fingerprint density at radius 1 is 1.33 bits per heavy atom. The first kappa shape index (κ1) is 12.4. The van der Waals surface area contributed by atoms with Gasteiger partial charge in [0.1, 0.15) is 5.82 Å². The Bertz CT molecular complexity index is 350. The lowest BCUT2D eigenvalue weighted by Crippen LogP contribution is -2.21. The molecule has 0 aliphatic carbocycles. The van der Waals surface area contributed by atoms with Gasteiger partial charge in [-0.1, -0.05) is 15.9 Å². The van der Waals surface area contributed by atoms with Gasteiger partial charge in [0.2, 0.25) is 0 Å². The Kier molecular flexibility index (Phi) is 3.72. The van der Waals surface area contributed by atoms with Gasteiger partial charge in [0.15, 0.2) is 0 Å². The lowest BCUT2D eigenvalue weighted by Gasteiger charge is -2.15. The van der Waals surface area contributed by atoms with Gasteiger partial charge in [0.25, 0.3) is 0 Å². The molecule has 0 saturated carbocycles. The first-order valence-corrected chi connectivity index (χ1v) is 4.86. The summed E-state index contributed by atoms with van der Waals surface area (Å²) in [5.74, 6) is -0.727. The summed E-state index contributed by atoms with van der Waals surface area (Å²) in [5.41, 5.74) is 5.13. The minimum atomic E-state index is -4.39. The molecule has 1 aromatic carbocycles. The molecule has 0 heterocycles. The molecule has 2 N–H and O–H groups in total. The maximum atomic E-state index is 13.1. The van der Waals surface area contributed by atoms with Crippen molar-refractivity contribution in [1.29, 1.82) is 0 Å². The van der Waals surface area contributed by atoms with Crippen LogP contribution in [-0.4, -0.2) is 6.18 Å². The summed E-state index contributed by atoms with van der Waals surface area (Å²) in [6.45, 7) is 0. The van der Waals surface area contributed by atoms with Gasteiger partial charge in [-0.2, -0.15) is 13.2 Å². The molecule has 1 nitrogen and oxygen atoms in total. The Morgan fingerprint density at radius 3 is 2.47 bits per heavy atom. The molecule has 1 aromatic rings. The molecular formula is C9H8BrF4N. The van der Waals surface area contributed by atoms with Crippen molar-refractivity contribution in [3.8, 4) is 0 Å². The van der Waals surface area contributed by atoms with Crippen LogP contribution < -0.4 is 5.73 Å². The van der Waals surface area contributed by atoms with Gasteiger partial charge in [-0.3, -0.25) is 0 Å². The summed E-state index contributed by atoms with van der Waals surface area (Å²) in [4.78, 5) is 0. The Morgan fingerprint density at radius 2 is 1.93 bits per heavy atom. The zero-order valence-corrected chi connectivity index (χ0v) is 9.07. The van der Waals surface area contributed by atoms with Crippen molar-refractivity contribution in [2.24, 2.45) is 5.73 Å². The second kappa shape index (κ2) is 4.49. The number of benzene rings is 1. The van der Waals surface area contributed by atoms with Gasteiger partial charge in [0, 0.05) is 16.1 Å². The van der Waals surface area contributed by atoms with Crippen LogP contribution in [-0.2, 0) is 0 Å². The highest BCUT2D eigenvalue weighted by atomic mass is 79.9. The van der Waals surface area contributed by atoms with Gasteiger partial charge >= 0.3 is 6.18 Å². The molecule has 15 heavy (non-hydrogen) atoms. The zero-order valence-electron chi connectivity index (χ0n) is 7.48. The van der Waals surface area contributed by atoms with Crippen molar-refractivity contribution in [3.05, 3.63) is 34.1 Å². The third kappa shape index (κ3) is 3.79. The number of rotatable bonds is 2. The van der Waals surface area contributed by atoms with Crippen LogP contribution in [0.15, 0.2) is 22.7 Å². The molecule has 1 atom stereocenters. The number of hydrogen-bond acceptors (Lipinski definition) is 1. The molecule has 0 unspecified atom stereocenters. The molecule has 0 aliphatic heterocycles. The highest BCUT2D eigenvalue weighted by molar-refractivity contribution is 9.10. The van der Waals surface area contributed by atoms with Crippen LogP contribution in [0.3, 0.4) is 0 Å². The fourth-order valence-electron chi connectivity index (χ4n) is 1.16. The standard InChI is InChI=1S/C9H8BrF4N/c10-5-1-2-7(11)6(3-5)8(15)4-9(12,13)14/h1-3,8H,4,15H2/t8-/m1/s1. The number of alkyl halides is 3. The highest BCUT2D eigenvalue weighted by Gasteiger charge is 2.31. The van der Waals surface area contributed by atoms with E-state index >= 15 is 0 Å². The fraction of sp³-hybridized carbons (Fsp3) is 0.333. The molecule has 0 radical (unpaired) electrons. The van der Waals surface area contributed by atoms with Crippen molar-refractivity contribution < 1.29 is 17.6 Å². The van der Waals surface area contributed by atoms with Crippen LogP contribution in [0, 0.1) is 5.82 Å². The zero-order chi connectivity index (χ0) is 11.6. The highest BCUT2D eigenvalue weighted by Crippen LogP contribution is 2.30.